The van der Waals surface area contributed by atoms with Crippen molar-refractivity contribution in [2.75, 3.05) is 25.0 Å². The highest BCUT2D eigenvalue weighted by molar-refractivity contribution is 6.31. The molecule has 2 N–H and O–H groups in total. The number of hydrogen-bond acceptors (Lipinski definition) is 4. The van der Waals surface area contributed by atoms with Crippen LogP contribution in [-0.4, -0.2) is 51.4 Å². The lowest BCUT2D eigenvalue weighted by Crippen LogP contribution is -2.37. The summed E-state index contributed by atoms with van der Waals surface area (Å²) in [4.78, 5) is 14.3. The number of carbonyl (C=O) groups excluding carboxylic acids is 1. The Hall–Kier alpha value is -1.89. The summed E-state index contributed by atoms with van der Waals surface area (Å²) in [7, 11) is 0. The van der Waals surface area contributed by atoms with Crippen LogP contribution in [0, 0.1) is 0 Å². The van der Waals surface area contributed by atoms with Gasteiger partial charge in [0.1, 0.15) is 5.82 Å². The van der Waals surface area contributed by atoms with Crippen LogP contribution < -0.4 is 5.32 Å². The zero-order valence-corrected chi connectivity index (χ0v) is 14.1. The number of anilines is 1. The molecule has 0 aliphatic heterocycles. The predicted octanol–water partition coefficient (Wildman–Crippen LogP) is 1.98. The van der Waals surface area contributed by atoms with Gasteiger partial charge in [0.2, 0.25) is 5.91 Å². The standard InChI is InChI=1S/C17H21ClN4O2/c18-15-4-2-1-3-13(15)11-22-16(7-8-19-22)20-17(24)12-21(9-10-23)14-5-6-14/h1-4,7-8,14,23H,5-6,9-12H2,(H,20,24). The monoisotopic (exact) mass is 348 g/mol. The van der Waals surface area contributed by atoms with Crippen molar-refractivity contribution in [3.8, 4) is 0 Å². The Morgan fingerprint density at radius 3 is 2.88 bits per heavy atom. The number of rotatable bonds is 8. The number of hydrogen-bond donors (Lipinski definition) is 2. The molecule has 0 atom stereocenters. The molecule has 0 radical (unpaired) electrons. The summed E-state index contributed by atoms with van der Waals surface area (Å²) >= 11 is 6.19. The normalized spacial score (nSPS) is 14.1. The van der Waals surface area contributed by atoms with Gasteiger partial charge in [-0.05, 0) is 24.5 Å². The zero-order chi connectivity index (χ0) is 16.9. The van der Waals surface area contributed by atoms with Gasteiger partial charge >= 0.3 is 0 Å². The van der Waals surface area contributed by atoms with Gasteiger partial charge in [-0.2, -0.15) is 5.10 Å². The molecule has 0 saturated heterocycles. The molecule has 1 heterocycles. The van der Waals surface area contributed by atoms with E-state index in [1.54, 1.807) is 16.9 Å². The zero-order valence-electron chi connectivity index (χ0n) is 13.4. The van der Waals surface area contributed by atoms with Crippen molar-refractivity contribution in [3.63, 3.8) is 0 Å². The molecule has 6 nitrogen and oxygen atoms in total. The molecular weight excluding hydrogens is 328 g/mol. The smallest absolute Gasteiger partial charge is 0.239 e. The summed E-state index contributed by atoms with van der Waals surface area (Å²) in [6.07, 6.45) is 3.84. The van der Waals surface area contributed by atoms with Crippen LogP contribution in [0.4, 0.5) is 5.82 Å². The molecule has 128 valence electrons. The average molecular weight is 349 g/mol. The summed E-state index contributed by atoms with van der Waals surface area (Å²) in [5.74, 6) is 0.538. The van der Waals surface area contributed by atoms with Crippen molar-refractivity contribution >= 4 is 23.3 Å². The first-order valence-electron chi connectivity index (χ1n) is 8.07. The molecule has 1 aromatic heterocycles. The van der Waals surface area contributed by atoms with E-state index < -0.39 is 0 Å². The summed E-state index contributed by atoms with van der Waals surface area (Å²) in [6, 6.07) is 9.77. The second-order valence-corrected chi connectivity index (χ2v) is 6.35. The number of amides is 1. The molecule has 7 heteroatoms. The first-order valence-corrected chi connectivity index (χ1v) is 8.45. The van der Waals surface area contributed by atoms with Crippen LogP contribution in [-0.2, 0) is 11.3 Å². The van der Waals surface area contributed by atoms with Gasteiger partial charge in [0, 0.05) is 23.7 Å². The van der Waals surface area contributed by atoms with E-state index in [0.29, 0.717) is 30.0 Å². The fraction of sp³-hybridized carbons (Fsp3) is 0.412. The van der Waals surface area contributed by atoms with E-state index in [2.05, 4.69) is 10.4 Å². The van der Waals surface area contributed by atoms with Crippen LogP contribution in [0.2, 0.25) is 5.02 Å². The second-order valence-electron chi connectivity index (χ2n) is 5.94. The molecule has 0 unspecified atom stereocenters. The van der Waals surface area contributed by atoms with Gasteiger partial charge in [0.05, 0.1) is 25.9 Å². The van der Waals surface area contributed by atoms with Gasteiger partial charge in [-0.25, -0.2) is 4.68 Å². The molecule has 1 aromatic carbocycles. The Labute approximate surface area is 146 Å². The highest BCUT2D eigenvalue weighted by Gasteiger charge is 2.29. The number of aliphatic hydroxyl groups excluding tert-OH is 1. The highest BCUT2D eigenvalue weighted by atomic mass is 35.5. The quantitative estimate of drug-likeness (QED) is 0.765. The summed E-state index contributed by atoms with van der Waals surface area (Å²) < 4.78 is 1.71. The Morgan fingerprint density at radius 1 is 1.38 bits per heavy atom. The number of halogens is 1. The van der Waals surface area contributed by atoms with Crippen LogP contribution in [0.25, 0.3) is 0 Å². The van der Waals surface area contributed by atoms with Crippen molar-refractivity contribution in [3.05, 3.63) is 47.1 Å². The van der Waals surface area contributed by atoms with E-state index in [1.165, 1.54) is 0 Å². The molecule has 3 rings (SSSR count). The second kappa shape index (κ2) is 7.79. The first kappa shape index (κ1) is 17.0. The molecular formula is C17H21ClN4O2. The number of nitrogens with zero attached hydrogens (tertiary/aromatic N) is 3. The molecule has 1 fully saturated rings. The third kappa shape index (κ3) is 4.35. The van der Waals surface area contributed by atoms with E-state index in [1.807, 2.05) is 29.2 Å². The van der Waals surface area contributed by atoms with E-state index in [9.17, 15) is 4.79 Å². The van der Waals surface area contributed by atoms with Gasteiger partial charge in [0.15, 0.2) is 0 Å². The van der Waals surface area contributed by atoms with Crippen molar-refractivity contribution in [2.45, 2.75) is 25.4 Å². The Bertz CT molecular complexity index is 699. The lowest BCUT2D eigenvalue weighted by molar-refractivity contribution is -0.117. The maximum Gasteiger partial charge on any atom is 0.239 e. The molecule has 2 aromatic rings. The van der Waals surface area contributed by atoms with Crippen molar-refractivity contribution < 1.29 is 9.90 Å². The minimum absolute atomic E-state index is 0.0637. The number of carbonyl (C=O) groups is 1. The number of benzene rings is 1. The maximum absolute atomic E-state index is 12.3. The Balaban J connectivity index is 1.62. The number of nitrogens with one attached hydrogen (secondary N) is 1. The Morgan fingerprint density at radius 2 is 2.17 bits per heavy atom. The summed E-state index contributed by atoms with van der Waals surface area (Å²) in [5.41, 5.74) is 0.943. The van der Waals surface area contributed by atoms with Crippen LogP contribution >= 0.6 is 11.6 Å². The molecule has 0 spiro atoms. The SMILES string of the molecule is O=C(CN(CCO)C1CC1)Nc1ccnn1Cc1ccccc1Cl. The van der Waals surface area contributed by atoms with Crippen LogP contribution in [0.1, 0.15) is 18.4 Å². The molecule has 1 saturated carbocycles. The number of aliphatic hydroxyl groups is 1. The third-order valence-electron chi connectivity index (χ3n) is 4.06. The Kier molecular flexibility index (Phi) is 5.50. The lowest BCUT2D eigenvalue weighted by Gasteiger charge is -2.20. The van der Waals surface area contributed by atoms with E-state index >= 15 is 0 Å². The first-order chi connectivity index (χ1) is 11.7. The van der Waals surface area contributed by atoms with Gasteiger partial charge in [0.25, 0.3) is 0 Å². The summed E-state index contributed by atoms with van der Waals surface area (Å²) in [5, 5.41) is 16.9. The van der Waals surface area contributed by atoms with Crippen LogP contribution in [0.3, 0.4) is 0 Å². The van der Waals surface area contributed by atoms with Gasteiger partial charge in [-0.3, -0.25) is 9.69 Å². The summed E-state index contributed by atoms with van der Waals surface area (Å²) in [6.45, 7) is 1.36. The average Bonchev–Trinajstić information content (AvgIpc) is 3.32. The van der Waals surface area contributed by atoms with Crippen molar-refractivity contribution in [1.82, 2.24) is 14.7 Å². The van der Waals surface area contributed by atoms with E-state index in [4.69, 9.17) is 16.7 Å². The van der Waals surface area contributed by atoms with Gasteiger partial charge in [-0.1, -0.05) is 29.8 Å². The highest BCUT2D eigenvalue weighted by Crippen LogP contribution is 2.26. The number of aromatic nitrogens is 2. The maximum atomic E-state index is 12.3. The van der Waals surface area contributed by atoms with Crippen LogP contribution in [0.5, 0.6) is 0 Å². The minimum Gasteiger partial charge on any atom is -0.395 e. The molecule has 1 amide bonds. The van der Waals surface area contributed by atoms with Crippen molar-refractivity contribution in [2.24, 2.45) is 0 Å². The van der Waals surface area contributed by atoms with E-state index in [-0.39, 0.29) is 19.1 Å². The molecule has 0 bridgehead atoms. The predicted molar refractivity (Wildman–Crippen MR) is 93.1 cm³/mol. The van der Waals surface area contributed by atoms with Gasteiger partial charge in [-0.15, -0.1) is 0 Å². The van der Waals surface area contributed by atoms with E-state index in [0.717, 1.165) is 18.4 Å². The third-order valence-corrected chi connectivity index (χ3v) is 4.43. The fourth-order valence-corrected chi connectivity index (χ4v) is 2.87. The van der Waals surface area contributed by atoms with Gasteiger partial charge < -0.3 is 10.4 Å². The lowest BCUT2D eigenvalue weighted by atomic mass is 10.2. The molecule has 24 heavy (non-hydrogen) atoms. The largest absolute Gasteiger partial charge is 0.395 e. The topological polar surface area (TPSA) is 70.4 Å². The molecule has 1 aliphatic rings. The minimum atomic E-state index is -0.101. The van der Waals surface area contributed by atoms with Crippen molar-refractivity contribution in [1.29, 1.82) is 0 Å². The molecule has 1 aliphatic carbocycles. The van der Waals surface area contributed by atoms with Crippen LogP contribution in [0.15, 0.2) is 36.5 Å². The fourth-order valence-electron chi connectivity index (χ4n) is 2.68.